The van der Waals surface area contributed by atoms with E-state index in [1.807, 2.05) is 0 Å². The maximum absolute atomic E-state index is 11.4. The van der Waals surface area contributed by atoms with Crippen molar-refractivity contribution in [3.8, 4) is 5.75 Å². The van der Waals surface area contributed by atoms with E-state index in [2.05, 4.69) is 34.5 Å². The molecule has 0 bridgehead atoms. The lowest BCUT2D eigenvalue weighted by atomic mass is 10.1. The van der Waals surface area contributed by atoms with Gasteiger partial charge in [-0.2, -0.15) is 0 Å². The van der Waals surface area contributed by atoms with Crippen LogP contribution >= 0.6 is 0 Å². The molecule has 1 saturated heterocycles. The molecule has 0 spiro atoms. The van der Waals surface area contributed by atoms with Gasteiger partial charge in [-0.05, 0) is 35.4 Å². The van der Waals surface area contributed by atoms with E-state index in [4.69, 9.17) is 4.74 Å². The van der Waals surface area contributed by atoms with Gasteiger partial charge in [0, 0.05) is 45.4 Å². The number of piperazine rings is 1. The average Bonchev–Trinajstić information content (AvgIpc) is 2.64. The summed E-state index contributed by atoms with van der Waals surface area (Å²) in [5, 5.41) is 3.37. The summed E-state index contributed by atoms with van der Waals surface area (Å²) in [6, 6.07) is 15.3. The van der Waals surface area contributed by atoms with Crippen molar-refractivity contribution in [1.82, 2.24) is 10.2 Å². The Kier molecular flexibility index (Phi) is 6.29. The van der Waals surface area contributed by atoms with E-state index >= 15 is 0 Å². The van der Waals surface area contributed by atoms with Gasteiger partial charge in [-0.3, -0.25) is 4.90 Å². The van der Waals surface area contributed by atoms with Crippen LogP contribution in [0.5, 0.6) is 5.75 Å². The molecule has 1 fully saturated rings. The molecule has 5 nitrogen and oxygen atoms in total. The second-order valence-electron chi connectivity index (χ2n) is 6.68. The summed E-state index contributed by atoms with van der Waals surface area (Å²) >= 11 is 0. The van der Waals surface area contributed by atoms with Gasteiger partial charge in [0.25, 0.3) is 0 Å². The first-order valence-corrected chi connectivity index (χ1v) is 10.8. The molecule has 0 amide bonds. The van der Waals surface area contributed by atoms with Gasteiger partial charge in [-0.25, -0.2) is 8.42 Å². The van der Waals surface area contributed by atoms with Gasteiger partial charge in [0.05, 0.1) is 11.5 Å². The molecule has 0 atom stereocenters. The summed E-state index contributed by atoms with van der Waals surface area (Å²) in [5.74, 6) is 0.688. The largest absolute Gasteiger partial charge is 0.493 e. The summed E-state index contributed by atoms with van der Waals surface area (Å²) < 4.78 is 28.6. The molecule has 2 aromatic carbocycles. The van der Waals surface area contributed by atoms with Crippen LogP contribution in [0.25, 0.3) is 0 Å². The Labute approximate surface area is 155 Å². The van der Waals surface area contributed by atoms with Crippen LogP contribution in [0.3, 0.4) is 0 Å². The monoisotopic (exact) mass is 374 g/mol. The molecule has 1 aliphatic rings. The van der Waals surface area contributed by atoms with Crippen LogP contribution in [0, 0.1) is 0 Å². The summed E-state index contributed by atoms with van der Waals surface area (Å²) in [7, 11) is -3.16. The number of nitrogens with zero attached hydrogens (tertiary/aromatic N) is 1. The minimum absolute atomic E-state index is 0.310. The first-order valence-electron chi connectivity index (χ1n) is 8.94. The highest BCUT2D eigenvalue weighted by Crippen LogP contribution is 2.16. The third-order valence-corrected chi connectivity index (χ3v) is 5.68. The maximum Gasteiger partial charge on any atom is 0.175 e. The molecule has 1 aliphatic heterocycles. The zero-order valence-corrected chi connectivity index (χ0v) is 16.0. The molecule has 0 unspecified atom stereocenters. The second kappa shape index (κ2) is 8.66. The normalized spacial score (nSPS) is 15.7. The number of rotatable bonds is 7. The summed E-state index contributed by atoms with van der Waals surface area (Å²) in [5.41, 5.74) is 2.58. The Bertz CT molecular complexity index is 796. The Hall–Kier alpha value is -1.89. The van der Waals surface area contributed by atoms with Crippen molar-refractivity contribution in [2.45, 2.75) is 17.9 Å². The third-order valence-electron chi connectivity index (χ3n) is 4.55. The Morgan fingerprint density at radius 2 is 1.58 bits per heavy atom. The van der Waals surface area contributed by atoms with Gasteiger partial charge in [0.15, 0.2) is 9.84 Å². The summed E-state index contributed by atoms with van der Waals surface area (Å²) in [6.07, 6.45) is 2.02. The lowest BCUT2D eigenvalue weighted by Gasteiger charge is -2.27. The van der Waals surface area contributed by atoms with Gasteiger partial charge in [0.2, 0.25) is 0 Å². The Morgan fingerprint density at radius 3 is 2.19 bits per heavy atom. The van der Waals surface area contributed by atoms with E-state index in [0.29, 0.717) is 17.3 Å². The van der Waals surface area contributed by atoms with E-state index in [1.54, 1.807) is 24.3 Å². The van der Waals surface area contributed by atoms with Crippen molar-refractivity contribution in [3.63, 3.8) is 0 Å². The Morgan fingerprint density at radius 1 is 0.962 bits per heavy atom. The highest BCUT2D eigenvalue weighted by atomic mass is 32.2. The van der Waals surface area contributed by atoms with Crippen molar-refractivity contribution in [2.75, 3.05) is 39.0 Å². The van der Waals surface area contributed by atoms with Crippen LogP contribution < -0.4 is 10.1 Å². The second-order valence-corrected chi connectivity index (χ2v) is 8.70. The lowest BCUT2D eigenvalue weighted by Crippen LogP contribution is -2.42. The van der Waals surface area contributed by atoms with Crippen LogP contribution in [0.4, 0.5) is 0 Å². The molecule has 0 radical (unpaired) electrons. The van der Waals surface area contributed by atoms with Crippen molar-refractivity contribution < 1.29 is 13.2 Å². The van der Waals surface area contributed by atoms with Crippen LogP contribution in [0.2, 0.25) is 0 Å². The topological polar surface area (TPSA) is 58.6 Å². The van der Waals surface area contributed by atoms with Crippen LogP contribution in [-0.4, -0.2) is 52.4 Å². The Balaban J connectivity index is 1.46. The number of nitrogens with one attached hydrogen (secondary N) is 1. The van der Waals surface area contributed by atoms with Gasteiger partial charge in [0.1, 0.15) is 5.75 Å². The highest BCUT2D eigenvalue weighted by molar-refractivity contribution is 7.90. The van der Waals surface area contributed by atoms with Crippen LogP contribution in [0.1, 0.15) is 11.1 Å². The first-order chi connectivity index (χ1) is 12.5. The fraction of sp³-hybridized carbons (Fsp3) is 0.400. The first kappa shape index (κ1) is 18.9. The molecule has 1 N–H and O–H groups in total. The highest BCUT2D eigenvalue weighted by Gasteiger charge is 2.10. The van der Waals surface area contributed by atoms with Crippen molar-refractivity contribution >= 4 is 9.84 Å². The fourth-order valence-electron chi connectivity index (χ4n) is 3.01. The SMILES string of the molecule is CS(=O)(=O)c1ccc(OCCc2ccc(CN3CCNCC3)cc2)cc1. The third kappa shape index (κ3) is 5.56. The predicted octanol–water partition coefficient (Wildman–Crippen LogP) is 2.12. The molecule has 140 valence electrons. The van der Waals surface area contributed by atoms with Crippen LogP contribution in [-0.2, 0) is 22.8 Å². The molecule has 6 heteroatoms. The van der Waals surface area contributed by atoms with Crippen molar-refractivity contribution in [1.29, 1.82) is 0 Å². The number of benzene rings is 2. The van der Waals surface area contributed by atoms with E-state index in [0.717, 1.165) is 39.1 Å². The molecule has 0 aliphatic carbocycles. The van der Waals surface area contributed by atoms with Gasteiger partial charge < -0.3 is 10.1 Å². The molecule has 2 aromatic rings. The van der Waals surface area contributed by atoms with E-state index in [-0.39, 0.29) is 0 Å². The van der Waals surface area contributed by atoms with E-state index < -0.39 is 9.84 Å². The van der Waals surface area contributed by atoms with Gasteiger partial charge in [-0.15, -0.1) is 0 Å². The number of hydrogen-bond donors (Lipinski definition) is 1. The molecule has 3 rings (SSSR count). The zero-order chi connectivity index (χ0) is 18.4. The molecular formula is C20H26N2O3S. The molecular weight excluding hydrogens is 348 g/mol. The zero-order valence-electron chi connectivity index (χ0n) is 15.1. The van der Waals surface area contributed by atoms with Crippen LogP contribution in [0.15, 0.2) is 53.4 Å². The number of ether oxygens (including phenoxy) is 1. The number of hydrogen-bond acceptors (Lipinski definition) is 5. The minimum Gasteiger partial charge on any atom is -0.493 e. The molecule has 26 heavy (non-hydrogen) atoms. The van der Waals surface area contributed by atoms with Crippen molar-refractivity contribution in [3.05, 3.63) is 59.7 Å². The molecule has 0 saturated carbocycles. The quantitative estimate of drug-likeness (QED) is 0.804. The van der Waals surface area contributed by atoms with Gasteiger partial charge >= 0.3 is 0 Å². The predicted molar refractivity (Wildman–Crippen MR) is 103 cm³/mol. The van der Waals surface area contributed by atoms with E-state index in [1.165, 1.54) is 17.4 Å². The summed E-state index contributed by atoms with van der Waals surface area (Å²) in [4.78, 5) is 2.78. The average molecular weight is 375 g/mol. The maximum atomic E-state index is 11.4. The number of sulfone groups is 1. The summed E-state index contributed by atoms with van der Waals surface area (Å²) in [6.45, 7) is 5.92. The smallest absolute Gasteiger partial charge is 0.175 e. The minimum atomic E-state index is -3.16. The fourth-order valence-corrected chi connectivity index (χ4v) is 3.64. The standard InChI is InChI=1S/C20H26N2O3S/c1-26(23,24)20-8-6-19(7-9-20)25-15-10-17-2-4-18(5-3-17)16-22-13-11-21-12-14-22/h2-9,21H,10-16H2,1H3. The lowest BCUT2D eigenvalue weighted by molar-refractivity contribution is 0.233. The molecule has 0 aromatic heterocycles. The van der Waals surface area contributed by atoms with Gasteiger partial charge in [-0.1, -0.05) is 24.3 Å². The van der Waals surface area contributed by atoms with E-state index in [9.17, 15) is 8.42 Å². The molecule has 1 heterocycles. The van der Waals surface area contributed by atoms with Crippen molar-refractivity contribution in [2.24, 2.45) is 0 Å².